The predicted octanol–water partition coefficient (Wildman–Crippen LogP) is 2.63. The van der Waals surface area contributed by atoms with Gasteiger partial charge >= 0.3 is 6.09 Å². The first kappa shape index (κ1) is 14.8. The van der Waals surface area contributed by atoms with Crippen molar-refractivity contribution in [1.82, 2.24) is 9.80 Å². The van der Waals surface area contributed by atoms with Crippen LogP contribution in [0, 0.1) is 0 Å². The maximum absolute atomic E-state index is 11.7. The second-order valence-electron chi connectivity index (χ2n) is 4.88. The summed E-state index contributed by atoms with van der Waals surface area (Å²) in [6, 6.07) is 0.336. The highest BCUT2D eigenvalue weighted by molar-refractivity contribution is 5.68. The van der Waals surface area contributed by atoms with Crippen molar-refractivity contribution < 1.29 is 9.53 Å². The molecule has 0 heterocycles. The molecule has 1 rings (SSSR count). The molecule has 4 heteroatoms. The van der Waals surface area contributed by atoms with E-state index in [1.807, 2.05) is 27.1 Å². The number of hydrogen-bond donors (Lipinski definition) is 0. The molecule has 0 radical (unpaired) electrons. The standard InChI is InChI=1S/C14H24N2O2/c1-6-16(5)14(17)18-13-9-7-8-12(10-13)11(2)15(3)4/h8,10-11H,6-7,9H2,1-5H3/t11-/m0/s1. The first-order valence-electron chi connectivity index (χ1n) is 6.45. The van der Waals surface area contributed by atoms with E-state index in [-0.39, 0.29) is 6.09 Å². The number of ether oxygens (including phenoxy) is 1. The zero-order valence-corrected chi connectivity index (χ0v) is 12.1. The Bertz CT molecular complexity index is 359. The van der Waals surface area contributed by atoms with E-state index in [1.165, 1.54) is 5.57 Å². The third-order valence-corrected chi connectivity index (χ3v) is 3.36. The van der Waals surface area contributed by atoms with Gasteiger partial charge in [0.2, 0.25) is 0 Å². The molecule has 102 valence electrons. The van der Waals surface area contributed by atoms with E-state index in [4.69, 9.17) is 4.74 Å². The van der Waals surface area contributed by atoms with Gasteiger partial charge in [-0.05, 0) is 46.0 Å². The molecule has 4 nitrogen and oxygen atoms in total. The SMILES string of the molecule is CCN(C)C(=O)OC1=CC([C@H](C)N(C)C)=CCC1. The van der Waals surface area contributed by atoms with Gasteiger partial charge in [-0.25, -0.2) is 4.79 Å². The Kier molecular flexibility index (Phi) is 5.41. The minimum absolute atomic E-state index is 0.275. The molecule has 0 N–H and O–H groups in total. The minimum atomic E-state index is -0.275. The maximum Gasteiger partial charge on any atom is 0.414 e. The lowest BCUT2D eigenvalue weighted by atomic mass is 9.99. The molecule has 0 aliphatic heterocycles. The summed E-state index contributed by atoms with van der Waals surface area (Å²) in [5.41, 5.74) is 1.22. The first-order chi connectivity index (χ1) is 8.45. The number of rotatable bonds is 4. The molecule has 0 saturated carbocycles. The topological polar surface area (TPSA) is 32.8 Å². The number of amides is 1. The van der Waals surface area contributed by atoms with Gasteiger partial charge in [0.1, 0.15) is 5.76 Å². The molecule has 18 heavy (non-hydrogen) atoms. The van der Waals surface area contributed by atoms with Crippen LogP contribution in [0.25, 0.3) is 0 Å². The van der Waals surface area contributed by atoms with E-state index in [1.54, 1.807) is 11.9 Å². The van der Waals surface area contributed by atoms with E-state index < -0.39 is 0 Å². The predicted molar refractivity (Wildman–Crippen MR) is 73.3 cm³/mol. The molecule has 0 bridgehead atoms. The van der Waals surface area contributed by atoms with Crippen LogP contribution in [0.2, 0.25) is 0 Å². The maximum atomic E-state index is 11.7. The third kappa shape index (κ3) is 3.88. The summed E-state index contributed by atoms with van der Waals surface area (Å²) in [4.78, 5) is 15.4. The van der Waals surface area contributed by atoms with E-state index in [0.717, 1.165) is 18.6 Å². The molecule has 0 aromatic rings. The van der Waals surface area contributed by atoms with Crippen LogP contribution >= 0.6 is 0 Å². The molecule has 0 aromatic heterocycles. The number of nitrogens with zero attached hydrogens (tertiary/aromatic N) is 2. The first-order valence-corrected chi connectivity index (χ1v) is 6.45. The fraction of sp³-hybridized carbons (Fsp3) is 0.643. The quantitative estimate of drug-likeness (QED) is 0.771. The Labute approximate surface area is 110 Å². The van der Waals surface area contributed by atoms with Gasteiger partial charge in [0, 0.05) is 26.1 Å². The van der Waals surface area contributed by atoms with Crippen LogP contribution in [0.1, 0.15) is 26.7 Å². The Morgan fingerprint density at radius 3 is 2.67 bits per heavy atom. The molecule has 0 saturated heterocycles. The fourth-order valence-corrected chi connectivity index (χ4v) is 1.69. The highest BCUT2D eigenvalue weighted by atomic mass is 16.6. The van der Waals surface area contributed by atoms with Crippen molar-refractivity contribution in [3.63, 3.8) is 0 Å². The normalized spacial score (nSPS) is 17.0. The molecule has 0 unspecified atom stereocenters. The van der Waals surface area contributed by atoms with Crippen LogP contribution in [0.3, 0.4) is 0 Å². The van der Waals surface area contributed by atoms with Gasteiger partial charge in [-0.3, -0.25) is 0 Å². The summed E-state index contributed by atoms with van der Waals surface area (Å²) in [5.74, 6) is 0.770. The zero-order chi connectivity index (χ0) is 13.7. The number of carbonyl (C=O) groups is 1. The lowest BCUT2D eigenvalue weighted by molar-refractivity contribution is 0.137. The van der Waals surface area contributed by atoms with Crippen LogP contribution < -0.4 is 0 Å². The number of carbonyl (C=O) groups excluding carboxylic acids is 1. The Morgan fingerprint density at radius 1 is 1.44 bits per heavy atom. The second-order valence-corrected chi connectivity index (χ2v) is 4.88. The summed E-state index contributed by atoms with van der Waals surface area (Å²) >= 11 is 0. The number of allylic oxidation sites excluding steroid dienone is 2. The van der Waals surface area contributed by atoms with Crippen molar-refractivity contribution in [3.05, 3.63) is 23.5 Å². The van der Waals surface area contributed by atoms with E-state index >= 15 is 0 Å². The molecule has 1 atom stereocenters. The average molecular weight is 252 g/mol. The second kappa shape index (κ2) is 6.59. The smallest absolute Gasteiger partial charge is 0.414 e. The van der Waals surface area contributed by atoms with Gasteiger partial charge in [0.25, 0.3) is 0 Å². The zero-order valence-electron chi connectivity index (χ0n) is 12.1. The average Bonchev–Trinajstić information content (AvgIpc) is 2.36. The Balaban J connectivity index is 2.68. The number of hydrogen-bond acceptors (Lipinski definition) is 3. The summed E-state index contributed by atoms with van der Waals surface area (Å²) in [6.07, 6.45) is 5.67. The van der Waals surface area contributed by atoms with Crippen molar-refractivity contribution in [1.29, 1.82) is 0 Å². The molecular formula is C14H24N2O2. The van der Waals surface area contributed by atoms with Crippen molar-refractivity contribution >= 4 is 6.09 Å². The molecule has 0 spiro atoms. The van der Waals surface area contributed by atoms with Crippen LogP contribution in [0.4, 0.5) is 4.79 Å². The number of likely N-dealkylation sites (N-methyl/N-ethyl adjacent to an activating group) is 1. The van der Waals surface area contributed by atoms with Crippen LogP contribution in [0.5, 0.6) is 0 Å². The van der Waals surface area contributed by atoms with Gasteiger partial charge in [0.05, 0.1) is 0 Å². The highest BCUT2D eigenvalue weighted by Gasteiger charge is 2.17. The van der Waals surface area contributed by atoms with Crippen molar-refractivity contribution in [2.75, 3.05) is 27.7 Å². The van der Waals surface area contributed by atoms with E-state index in [0.29, 0.717) is 12.6 Å². The minimum Gasteiger partial charge on any atom is -0.415 e. The van der Waals surface area contributed by atoms with Gasteiger partial charge in [-0.1, -0.05) is 6.08 Å². The lowest BCUT2D eigenvalue weighted by Gasteiger charge is -2.24. The molecule has 1 aliphatic carbocycles. The summed E-state index contributed by atoms with van der Waals surface area (Å²) in [6.45, 7) is 4.73. The Morgan fingerprint density at radius 2 is 2.11 bits per heavy atom. The summed E-state index contributed by atoms with van der Waals surface area (Å²) < 4.78 is 5.39. The molecule has 0 aromatic carbocycles. The molecule has 0 fully saturated rings. The van der Waals surface area contributed by atoms with Crippen LogP contribution in [-0.2, 0) is 4.74 Å². The van der Waals surface area contributed by atoms with Crippen LogP contribution in [0.15, 0.2) is 23.5 Å². The van der Waals surface area contributed by atoms with E-state index in [9.17, 15) is 4.79 Å². The monoisotopic (exact) mass is 252 g/mol. The lowest BCUT2D eigenvalue weighted by Crippen LogP contribution is -2.28. The van der Waals surface area contributed by atoms with E-state index in [2.05, 4.69) is 17.9 Å². The van der Waals surface area contributed by atoms with Gasteiger partial charge in [0.15, 0.2) is 0 Å². The fourth-order valence-electron chi connectivity index (χ4n) is 1.69. The van der Waals surface area contributed by atoms with Crippen LogP contribution in [-0.4, -0.2) is 49.6 Å². The van der Waals surface area contributed by atoms with Crippen molar-refractivity contribution in [2.45, 2.75) is 32.7 Å². The van der Waals surface area contributed by atoms with Gasteiger partial charge in [-0.2, -0.15) is 0 Å². The highest BCUT2D eigenvalue weighted by Crippen LogP contribution is 2.22. The van der Waals surface area contributed by atoms with Gasteiger partial charge < -0.3 is 14.5 Å². The molecular weight excluding hydrogens is 228 g/mol. The summed E-state index contributed by atoms with van der Waals surface area (Å²) in [5, 5.41) is 0. The summed E-state index contributed by atoms with van der Waals surface area (Å²) in [7, 11) is 5.83. The Hall–Kier alpha value is -1.29. The largest absolute Gasteiger partial charge is 0.415 e. The van der Waals surface area contributed by atoms with Crippen molar-refractivity contribution in [3.8, 4) is 0 Å². The third-order valence-electron chi connectivity index (χ3n) is 3.36. The molecule has 1 amide bonds. The van der Waals surface area contributed by atoms with Gasteiger partial charge in [-0.15, -0.1) is 0 Å². The van der Waals surface area contributed by atoms with Crippen molar-refractivity contribution in [2.24, 2.45) is 0 Å². The molecule has 1 aliphatic rings.